The second-order valence-electron chi connectivity index (χ2n) is 4.66. The molecule has 0 radical (unpaired) electrons. The molecule has 0 heterocycles. The Hall–Kier alpha value is -1.81. The lowest BCUT2D eigenvalue weighted by Crippen LogP contribution is -2.24. The highest BCUT2D eigenvalue weighted by atomic mass is 19.1. The zero-order chi connectivity index (χ0) is 14.7. The second kappa shape index (κ2) is 6.09. The summed E-state index contributed by atoms with van der Waals surface area (Å²) in [4.78, 5) is 0. The van der Waals surface area contributed by atoms with Crippen molar-refractivity contribution in [3.8, 4) is 0 Å². The van der Waals surface area contributed by atoms with Crippen LogP contribution in [-0.2, 0) is 0 Å². The normalized spacial score (nSPS) is 12.4. The van der Waals surface area contributed by atoms with Crippen LogP contribution in [-0.4, -0.2) is 6.54 Å². The Labute approximate surface area is 116 Å². The molecule has 4 heteroatoms. The van der Waals surface area contributed by atoms with E-state index < -0.39 is 17.7 Å². The lowest BCUT2D eigenvalue weighted by molar-refractivity contribution is 0.542. The van der Waals surface area contributed by atoms with Crippen molar-refractivity contribution in [2.24, 2.45) is 0 Å². The Morgan fingerprint density at radius 2 is 1.60 bits per heavy atom. The maximum Gasteiger partial charge on any atom is 0.128 e. The number of hydrogen-bond acceptors (Lipinski definition) is 1. The Morgan fingerprint density at radius 3 is 2.25 bits per heavy atom. The van der Waals surface area contributed by atoms with Crippen molar-refractivity contribution in [1.29, 1.82) is 0 Å². The van der Waals surface area contributed by atoms with E-state index in [4.69, 9.17) is 0 Å². The molecule has 0 aliphatic heterocycles. The van der Waals surface area contributed by atoms with Gasteiger partial charge in [0.05, 0.1) is 6.04 Å². The van der Waals surface area contributed by atoms with Crippen LogP contribution in [0.2, 0.25) is 0 Å². The van der Waals surface area contributed by atoms with Gasteiger partial charge in [-0.05, 0) is 54.9 Å². The molecule has 0 saturated carbocycles. The molecular formula is C16H16F3N. The van der Waals surface area contributed by atoms with Gasteiger partial charge in [-0.1, -0.05) is 13.0 Å². The highest BCUT2D eigenvalue weighted by Crippen LogP contribution is 2.28. The van der Waals surface area contributed by atoms with Crippen molar-refractivity contribution in [3.63, 3.8) is 0 Å². The first-order chi connectivity index (χ1) is 9.52. The summed E-state index contributed by atoms with van der Waals surface area (Å²) in [5.74, 6) is -1.33. The van der Waals surface area contributed by atoms with Gasteiger partial charge in [0.2, 0.25) is 0 Å². The summed E-state index contributed by atoms with van der Waals surface area (Å²) in [5, 5.41) is 3.11. The fourth-order valence-electron chi connectivity index (χ4n) is 2.29. The van der Waals surface area contributed by atoms with E-state index in [1.165, 1.54) is 18.2 Å². The van der Waals surface area contributed by atoms with E-state index in [1.54, 1.807) is 13.0 Å². The minimum absolute atomic E-state index is 0.224. The molecule has 0 amide bonds. The molecule has 0 saturated heterocycles. The van der Waals surface area contributed by atoms with Gasteiger partial charge in [0.15, 0.2) is 0 Å². The fourth-order valence-corrected chi connectivity index (χ4v) is 2.29. The van der Waals surface area contributed by atoms with E-state index in [2.05, 4.69) is 5.32 Å². The first kappa shape index (κ1) is 14.6. The van der Waals surface area contributed by atoms with Gasteiger partial charge in [0, 0.05) is 5.56 Å². The summed E-state index contributed by atoms with van der Waals surface area (Å²) in [5.41, 5.74) is 1.65. The van der Waals surface area contributed by atoms with Gasteiger partial charge in [-0.25, -0.2) is 13.2 Å². The van der Waals surface area contributed by atoms with Crippen molar-refractivity contribution in [2.45, 2.75) is 19.9 Å². The lowest BCUT2D eigenvalue weighted by atomic mass is 9.94. The molecule has 2 aromatic carbocycles. The highest BCUT2D eigenvalue weighted by molar-refractivity contribution is 5.38. The van der Waals surface area contributed by atoms with Crippen molar-refractivity contribution in [3.05, 3.63) is 70.5 Å². The summed E-state index contributed by atoms with van der Waals surface area (Å²) in [6, 6.07) is 7.16. The Balaban J connectivity index is 2.53. The molecule has 106 valence electrons. The van der Waals surface area contributed by atoms with Crippen LogP contribution in [0.1, 0.15) is 29.7 Å². The number of hydrogen-bond donors (Lipinski definition) is 1. The average Bonchev–Trinajstić information content (AvgIpc) is 2.40. The topological polar surface area (TPSA) is 12.0 Å². The van der Waals surface area contributed by atoms with Gasteiger partial charge in [0.1, 0.15) is 17.5 Å². The number of nitrogens with one attached hydrogen (secondary N) is 1. The molecule has 1 N–H and O–H groups in total. The Kier molecular flexibility index (Phi) is 4.45. The number of benzene rings is 2. The van der Waals surface area contributed by atoms with E-state index in [1.807, 2.05) is 6.92 Å². The summed E-state index contributed by atoms with van der Waals surface area (Å²) in [6.07, 6.45) is 0. The minimum Gasteiger partial charge on any atom is -0.306 e. The largest absolute Gasteiger partial charge is 0.306 e. The van der Waals surface area contributed by atoms with Crippen molar-refractivity contribution >= 4 is 0 Å². The first-order valence-electron chi connectivity index (χ1n) is 6.47. The Bertz CT molecular complexity index is 611. The molecule has 2 rings (SSSR count). The molecule has 0 bridgehead atoms. The van der Waals surface area contributed by atoms with Crippen LogP contribution < -0.4 is 5.32 Å². The minimum atomic E-state index is -0.503. The maximum atomic E-state index is 14.0. The van der Waals surface area contributed by atoms with Crippen molar-refractivity contribution in [2.75, 3.05) is 6.54 Å². The van der Waals surface area contributed by atoms with Gasteiger partial charge in [-0.3, -0.25) is 0 Å². The number of rotatable bonds is 4. The SMILES string of the molecule is CCNC(c1ccc(F)cc1C)c1cc(F)ccc1F. The molecule has 2 aromatic rings. The molecule has 0 aliphatic rings. The van der Waals surface area contributed by atoms with E-state index in [9.17, 15) is 13.2 Å². The summed E-state index contributed by atoms with van der Waals surface area (Å²) in [6.45, 7) is 4.21. The molecule has 0 aromatic heterocycles. The highest BCUT2D eigenvalue weighted by Gasteiger charge is 2.19. The van der Waals surface area contributed by atoms with Crippen LogP contribution in [0, 0.1) is 24.4 Å². The predicted molar refractivity (Wildman–Crippen MR) is 73.0 cm³/mol. The standard InChI is InChI=1S/C16H16F3N/c1-3-20-16(13-6-4-11(17)8-10(13)2)14-9-12(18)5-7-15(14)19/h4-9,16,20H,3H2,1-2H3. The van der Waals surface area contributed by atoms with Gasteiger partial charge in [-0.2, -0.15) is 0 Å². The second-order valence-corrected chi connectivity index (χ2v) is 4.66. The van der Waals surface area contributed by atoms with Crippen molar-refractivity contribution in [1.82, 2.24) is 5.32 Å². The van der Waals surface area contributed by atoms with Crippen LogP contribution in [0.15, 0.2) is 36.4 Å². The monoisotopic (exact) mass is 279 g/mol. The van der Waals surface area contributed by atoms with Gasteiger partial charge in [0.25, 0.3) is 0 Å². The molecule has 0 aliphatic carbocycles. The quantitative estimate of drug-likeness (QED) is 0.888. The third kappa shape index (κ3) is 3.02. The number of aryl methyl sites for hydroxylation is 1. The fraction of sp³-hybridized carbons (Fsp3) is 0.250. The molecule has 1 atom stereocenters. The van der Waals surface area contributed by atoms with Gasteiger partial charge >= 0.3 is 0 Å². The van der Waals surface area contributed by atoms with Crippen LogP contribution in [0.5, 0.6) is 0 Å². The van der Waals surface area contributed by atoms with Crippen LogP contribution in [0.4, 0.5) is 13.2 Å². The first-order valence-corrected chi connectivity index (χ1v) is 6.47. The summed E-state index contributed by atoms with van der Waals surface area (Å²) in [7, 11) is 0. The van der Waals surface area contributed by atoms with Crippen LogP contribution >= 0.6 is 0 Å². The molecule has 1 nitrogen and oxygen atoms in total. The number of halogens is 3. The summed E-state index contributed by atoms with van der Waals surface area (Å²) >= 11 is 0. The van der Waals surface area contributed by atoms with Gasteiger partial charge in [-0.15, -0.1) is 0 Å². The molecule has 1 unspecified atom stereocenters. The van der Waals surface area contributed by atoms with Crippen LogP contribution in [0.25, 0.3) is 0 Å². The average molecular weight is 279 g/mol. The summed E-state index contributed by atoms with van der Waals surface area (Å²) < 4.78 is 40.5. The van der Waals surface area contributed by atoms with Gasteiger partial charge < -0.3 is 5.32 Å². The molecular weight excluding hydrogens is 263 g/mol. The van der Waals surface area contributed by atoms with E-state index in [0.29, 0.717) is 12.1 Å². The van der Waals surface area contributed by atoms with E-state index >= 15 is 0 Å². The van der Waals surface area contributed by atoms with E-state index in [0.717, 1.165) is 17.7 Å². The molecule has 0 spiro atoms. The lowest BCUT2D eigenvalue weighted by Gasteiger charge is -2.21. The smallest absolute Gasteiger partial charge is 0.128 e. The van der Waals surface area contributed by atoms with Crippen LogP contribution in [0.3, 0.4) is 0 Å². The van der Waals surface area contributed by atoms with E-state index in [-0.39, 0.29) is 11.4 Å². The third-order valence-electron chi connectivity index (χ3n) is 3.22. The molecule has 20 heavy (non-hydrogen) atoms. The zero-order valence-corrected chi connectivity index (χ0v) is 11.4. The maximum absolute atomic E-state index is 14.0. The zero-order valence-electron chi connectivity index (χ0n) is 11.4. The predicted octanol–water partition coefficient (Wildman–Crippen LogP) is 4.11. The van der Waals surface area contributed by atoms with Crippen molar-refractivity contribution < 1.29 is 13.2 Å². The third-order valence-corrected chi connectivity index (χ3v) is 3.22. The molecule has 0 fully saturated rings. The Morgan fingerprint density at radius 1 is 0.950 bits per heavy atom.